The van der Waals surface area contributed by atoms with E-state index in [1.54, 1.807) is 48.7 Å². The van der Waals surface area contributed by atoms with Crippen molar-refractivity contribution in [3.8, 4) is 22.9 Å². The molecule has 0 aliphatic rings. The van der Waals surface area contributed by atoms with Crippen molar-refractivity contribution < 1.29 is 14.3 Å². The van der Waals surface area contributed by atoms with Gasteiger partial charge in [-0.1, -0.05) is 72.8 Å². The maximum atomic E-state index is 13.4. The van der Waals surface area contributed by atoms with Crippen LogP contribution >= 0.6 is 0 Å². The van der Waals surface area contributed by atoms with E-state index in [2.05, 4.69) is 5.10 Å². The Kier molecular flexibility index (Phi) is 7.69. The fourth-order valence-corrected chi connectivity index (χ4v) is 3.96. The first-order chi connectivity index (χ1) is 19.1. The van der Waals surface area contributed by atoms with E-state index in [9.17, 15) is 9.59 Å². The van der Waals surface area contributed by atoms with Gasteiger partial charge in [0.2, 0.25) is 0 Å². The molecule has 0 saturated heterocycles. The van der Waals surface area contributed by atoms with Crippen molar-refractivity contribution >= 4 is 29.2 Å². The second-order valence-electron chi connectivity index (χ2n) is 8.48. The molecule has 1 heterocycles. The topological polar surface area (TPSA) is 82.8 Å². The van der Waals surface area contributed by atoms with Gasteiger partial charge in [-0.05, 0) is 54.5 Å². The number of rotatable bonds is 8. The first kappa shape index (κ1) is 25.4. The van der Waals surface area contributed by atoms with Crippen molar-refractivity contribution in [3.63, 3.8) is 0 Å². The Balaban J connectivity index is 1.46. The predicted molar refractivity (Wildman–Crippen MR) is 153 cm³/mol. The predicted octanol–water partition coefficient (Wildman–Crippen LogP) is 5.96. The smallest absolute Gasteiger partial charge is 0.336 e. The lowest BCUT2D eigenvalue weighted by Gasteiger charge is -2.11. The number of hydrogen-bond donors (Lipinski definition) is 0. The first-order valence-corrected chi connectivity index (χ1v) is 12.5. The number of carbonyl (C=O) groups is 1. The van der Waals surface area contributed by atoms with Gasteiger partial charge in [-0.15, -0.1) is 0 Å². The van der Waals surface area contributed by atoms with E-state index < -0.39 is 5.97 Å². The van der Waals surface area contributed by atoms with Gasteiger partial charge in [-0.25, -0.2) is 9.78 Å². The van der Waals surface area contributed by atoms with E-state index in [1.165, 1.54) is 10.8 Å². The third kappa shape index (κ3) is 5.99. The van der Waals surface area contributed by atoms with Gasteiger partial charge in [-0.3, -0.25) is 4.79 Å². The van der Waals surface area contributed by atoms with E-state index in [4.69, 9.17) is 14.5 Å². The second kappa shape index (κ2) is 11.8. The summed E-state index contributed by atoms with van der Waals surface area (Å²) >= 11 is 0. The molecule has 5 rings (SSSR count). The van der Waals surface area contributed by atoms with Crippen LogP contribution in [0, 0.1) is 0 Å². The summed E-state index contributed by atoms with van der Waals surface area (Å²) in [7, 11) is 0. The second-order valence-corrected chi connectivity index (χ2v) is 8.48. The number of fused-ring (bicyclic) bond motifs is 1. The third-order valence-corrected chi connectivity index (χ3v) is 5.80. The molecule has 0 atom stereocenters. The average Bonchev–Trinajstić information content (AvgIpc) is 2.98. The molecule has 7 heteroatoms. The van der Waals surface area contributed by atoms with Crippen LogP contribution in [0.3, 0.4) is 0 Å². The van der Waals surface area contributed by atoms with Gasteiger partial charge in [-0.2, -0.15) is 9.78 Å². The van der Waals surface area contributed by atoms with Crippen LogP contribution in [0.1, 0.15) is 18.1 Å². The van der Waals surface area contributed by atoms with Gasteiger partial charge in [0.15, 0.2) is 17.3 Å². The minimum atomic E-state index is -0.525. The number of para-hydroxylation sites is 1. The van der Waals surface area contributed by atoms with Crippen LogP contribution in [0.15, 0.2) is 119 Å². The molecule has 7 nitrogen and oxygen atoms in total. The van der Waals surface area contributed by atoms with Crippen LogP contribution in [0.2, 0.25) is 0 Å². The molecule has 192 valence electrons. The van der Waals surface area contributed by atoms with E-state index in [-0.39, 0.29) is 11.3 Å². The number of nitrogens with zero attached hydrogens (tertiary/aromatic N) is 3. The molecule has 0 fully saturated rings. The standard InChI is InChI=1S/C32H25N3O4/c1-2-38-29-21-24(17-19-28(29)39-30(36)20-18-23-11-5-3-6-12-23)22-33-35-31(25-13-7-4-8-14-25)34-27-16-10-9-15-26(27)32(35)37/h3-22H,2H2,1H3/b20-18+,33-22?. The van der Waals surface area contributed by atoms with Crippen LogP contribution in [-0.4, -0.2) is 28.5 Å². The molecule has 5 aromatic rings. The number of carbonyl (C=O) groups excluding carboxylic acids is 1. The first-order valence-electron chi connectivity index (χ1n) is 12.5. The Bertz CT molecular complexity index is 1730. The minimum Gasteiger partial charge on any atom is -0.490 e. The van der Waals surface area contributed by atoms with E-state index in [1.807, 2.05) is 73.7 Å². The van der Waals surface area contributed by atoms with Crippen molar-refractivity contribution in [2.24, 2.45) is 5.10 Å². The van der Waals surface area contributed by atoms with Crippen LogP contribution in [-0.2, 0) is 4.79 Å². The number of esters is 1. The van der Waals surface area contributed by atoms with E-state index in [0.717, 1.165) is 11.1 Å². The molecule has 0 saturated carbocycles. The van der Waals surface area contributed by atoms with Gasteiger partial charge >= 0.3 is 5.97 Å². The number of aromatic nitrogens is 2. The normalized spacial score (nSPS) is 11.3. The highest BCUT2D eigenvalue weighted by molar-refractivity contribution is 5.89. The SMILES string of the molecule is CCOc1cc(C=Nn2c(-c3ccccc3)nc3ccccc3c2=O)ccc1OC(=O)/C=C/c1ccccc1. The van der Waals surface area contributed by atoms with Crippen molar-refractivity contribution in [2.45, 2.75) is 6.92 Å². The average molecular weight is 516 g/mol. The summed E-state index contributed by atoms with van der Waals surface area (Å²) in [5.41, 5.74) is 2.62. The molecule has 1 aromatic heterocycles. The summed E-state index contributed by atoms with van der Waals surface area (Å²) in [6, 6.07) is 31.2. The highest BCUT2D eigenvalue weighted by atomic mass is 16.6. The molecule has 0 spiro atoms. The van der Waals surface area contributed by atoms with Gasteiger partial charge in [0.25, 0.3) is 5.56 Å². The lowest BCUT2D eigenvalue weighted by molar-refractivity contribution is -0.129. The molecule has 0 N–H and O–H groups in total. The van der Waals surface area contributed by atoms with Crippen LogP contribution < -0.4 is 15.0 Å². The molecule has 0 radical (unpaired) electrons. The maximum absolute atomic E-state index is 13.4. The molecule has 0 aliphatic carbocycles. The maximum Gasteiger partial charge on any atom is 0.336 e. The van der Waals surface area contributed by atoms with Gasteiger partial charge in [0.05, 0.1) is 23.7 Å². The summed E-state index contributed by atoms with van der Waals surface area (Å²) in [6.07, 6.45) is 4.60. The molecule has 0 unspecified atom stereocenters. The fraction of sp³-hybridized carbons (Fsp3) is 0.0625. The zero-order valence-corrected chi connectivity index (χ0v) is 21.2. The minimum absolute atomic E-state index is 0.281. The van der Waals surface area contributed by atoms with Gasteiger partial charge in [0.1, 0.15) is 0 Å². The van der Waals surface area contributed by atoms with Crippen molar-refractivity contribution in [1.82, 2.24) is 9.66 Å². The Morgan fingerprint density at radius 2 is 1.59 bits per heavy atom. The zero-order chi connectivity index (χ0) is 27.0. The van der Waals surface area contributed by atoms with Gasteiger partial charge in [0, 0.05) is 11.6 Å². The molecular formula is C32H25N3O4. The lowest BCUT2D eigenvalue weighted by atomic mass is 10.2. The molecular weight excluding hydrogens is 490 g/mol. The highest BCUT2D eigenvalue weighted by Gasteiger charge is 2.13. The Morgan fingerprint density at radius 3 is 2.36 bits per heavy atom. The number of hydrogen-bond acceptors (Lipinski definition) is 6. The Morgan fingerprint density at radius 1 is 0.872 bits per heavy atom. The zero-order valence-electron chi connectivity index (χ0n) is 21.2. The summed E-state index contributed by atoms with van der Waals surface area (Å²) in [5, 5.41) is 4.97. The third-order valence-electron chi connectivity index (χ3n) is 5.80. The van der Waals surface area contributed by atoms with Crippen molar-refractivity contribution in [2.75, 3.05) is 6.61 Å². The molecule has 0 amide bonds. The lowest BCUT2D eigenvalue weighted by Crippen LogP contribution is -2.20. The van der Waals surface area contributed by atoms with E-state index in [0.29, 0.717) is 34.6 Å². The quantitative estimate of drug-likeness (QED) is 0.110. The monoisotopic (exact) mass is 515 g/mol. The molecule has 4 aromatic carbocycles. The fourth-order valence-electron chi connectivity index (χ4n) is 3.96. The largest absolute Gasteiger partial charge is 0.490 e. The van der Waals surface area contributed by atoms with Crippen LogP contribution in [0.25, 0.3) is 28.4 Å². The summed E-state index contributed by atoms with van der Waals surface area (Å²) < 4.78 is 12.5. The van der Waals surface area contributed by atoms with Gasteiger partial charge < -0.3 is 9.47 Å². The van der Waals surface area contributed by atoms with Crippen LogP contribution in [0.5, 0.6) is 11.5 Å². The molecule has 0 aliphatic heterocycles. The number of ether oxygens (including phenoxy) is 2. The molecule has 39 heavy (non-hydrogen) atoms. The Hall–Kier alpha value is -5.30. The Labute approximate surface area is 225 Å². The van der Waals surface area contributed by atoms with Crippen LogP contribution in [0.4, 0.5) is 0 Å². The summed E-state index contributed by atoms with van der Waals surface area (Å²) in [4.78, 5) is 30.5. The van der Waals surface area contributed by atoms with E-state index >= 15 is 0 Å². The summed E-state index contributed by atoms with van der Waals surface area (Å²) in [6.45, 7) is 2.21. The van der Waals surface area contributed by atoms with Crippen molar-refractivity contribution in [3.05, 3.63) is 131 Å². The highest BCUT2D eigenvalue weighted by Crippen LogP contribution is 2.28. The summed E-state index contributed by atoms with van der Waals surface area (Å²) in [5.74, 6) is 0.570. The van der Waals surface area contributed by atoms with Crippen molar-refractivity contribution in [1.29, 1.82) is 0 Å². The molecule has 0 bridgehead atoms. The number of benzene rings is 4.